The first-order valence-corrected chi connectivity index (χ1v) is 6.52. The number of hydrogen-bond donors (Lipinski definition) is 0. The van der Waals surface area contributed by atoms with Gasteiger partial charge in [-0.05, 0) is 23.7 Å². The number of methoxy groups -OCH3 is 2. The van der Waals surface area contributed by atoms with E-state index >= 15 is 0 Å². The molecule has 0 unspecified atom stereocenters. The third kappa shape index (κ3) is 7.77. The Bertz CT molecular complexity index is 184. The molecule has 0 fully saturated rings. The van der Waals surface area contributed by atoms with Gasteiger partial charge in [-0.3, -0.25) is 0 Å². The van der Waals surface area contributed by atoms with Crippen LogP contribution in [0.2, 0.25) is 0 Å². The van der Waals surface area contributed by atoms with Crippen molar-refractivity contribution in [2.45, 2.75) is 54.4 Å². The highest BCUT2D eigenvalue weighted by Gasteiger charge is 2.38. The molecule has 0 aliphatic heterocycles. The van der Waals surface area contributed by atoms with Gasteiger partial charge in [-0.15, -0.1) is 0 Å². The summed E-state index contributed by atoms with van der Waals surface area (Å²) in [5.74, 6) is 0. The van der Waals surface area contributed by atoms with Crippen LogP contribution in [-0.4, -0.2) is 27.4 Å². The van der Waals surface area contributed by atoms with Crippen molar-refractivity contribution in [1.82, 2.24) is 0 Å². The molecule has 0 spiro atoms. The molecule has 0 saturated carbocycles. The molecule has 2 heteroatoms. The maximum Gasteiger partial charge on any atom is 0.0541 e. The smallest absolute Gasteiger partial charge is 0.0541 e. The first kappa shape index (κ1) is 16.9. The normalized spacial score (nSPS) is 14.1. The van der Waals surface area contributed by atoms with Crippen LogP contribution in [0.25, 0.3) is 0 Å². The summed E-state index contributed by atoms with van der Waals surface area (Å²) in [6.07, 6.45) is 2.25. The zero-order chi connectivity index (χ0) is 13.7. The van der Waals surface area contributed by atoms with Gasteiger partial charge in [0.2, 0.25) is 0 Å². The minimum atomic E-state index is 0.125. The van der Waals surface area contributed by atoms with E-state index in [9.17, 15) is 0 Å². The van der Waals surface area contributed by atoms with E-state index in [1.54, 1.807) is 14.2 Å². The average Bonchev–Trinajstić information content (AvgIpc) is 1.96. The summed E-state index contributed by atoms with van der Waals surface area (Å²) in [6, 6.07) is 0. The van der Waals surface area contributed by atoms with E-state index in [-0.39, 0.29) is 5.41 Å². The molecule has 17 heavy (non-hydrogen) atoms. The van der Waals surface area contributed by atoms with Gasteiger partial charge in [0.05, 0.1) is 13.2 Å². The summed E-state index contributed by atoms with van der Waals surface area (Å²) in [4.78, 5) is 0. The van der Waals surface area contributed by atoms with E-state index in [1.807, 2.05) is 0 Å². The first-order chi connectivity index (χ1) is 7.54. The Labute approximate surface area is 108 Å². The van der Waals surface area contributed by atoms with E-state index in [1.165, 1.54) is 0 Å². The lowest BCUT2D eigenvalue weighted by atomic mass is 9.67. The Morgan fingerprint density at radius 1 is 0.647 bits per heavy atom. The van der Waals surface area contributed by atoms with Crippen LogP contribution >= 0.6 is 0 Å². The molecule has 2 nitrogen and oxygen atoms in total. The summed E-state index contributed by atoms with van der Waals surface area (Å²) in [7, 11) is 3.57. The summed E-state index contributed by atoms with van der Waals surface area (Å²) in [5, 5.41) is 0. The Balaban J connectivity index is 4.97. The third-order valence-electron chi connectivity index (χ3n) is 2.71. The van der Waals surface area contributed by atoms with E-state index in [2.05, 4.69) is 41.5 Å². The fourth-order valence-corrected chi connectivity index (χ4v) is 3.17. The third-order valence-corrected chi connectivity index (χ3v) is 2.71. The predicted molar refractivity (Wildman–Crippen MR) is 74.3 cm³/mol. The second-order valence-electron chi connectivity index (χ2n) is 7.84. The fourth-order valence-electron chi connectivity index (χ4n) is 3.17. The largest absolute Gasteiger partial charge is 0.384 e. The van der Waals surface area contributed by atoms with Crippen LogP contribution in [0, 0.1) is 16.2 Å². The molecule has 0 amide bonds. The van der Waals surface area contributed by atoms with Crippen molar-refractivity contribution in [3.63, 3.8) is 0 Å². The van der Waals surface area contributed by atoms with Crippen LogP contribution in [0.4, 0.5) is 0 Å². The van der Waals surface area contributed by atoms with Crippen molar-refractivity contribution in [2.24, 2.45) is 16.2 Å². The molecule has 0 saturated heterocycles. The molecule has 0 aromatic heterocycles. The average molecular weight is 244 g/mol. The number of rotatable bonds is 6. The highest BCUT2D eigenvalue weighted by Crippen LogP contribution is 2.42. The molecule has 104 valence electrons. The molecule has 0 N–H and O–H groups in total. The van der Waals surface area contributed by atoms with E-state index < -0.39 is 0 Å². The molecule has 0 aromatic rings. The SMILES string of the molecule is COCC(COC)(CC(C)(C)C)CC(C)(C)C. The van der Waals surface area contributed by atoms with Crippen LogP contribution in [0.1, 0.15) is 54.4 Å². The summed E-state index contributed by atoms with van der Waals surface area (Å²) < 4.78 is 10.9. The molecule has 0 aliphatic carbocycles. The summed E-state index contributed by atoms with van der Waals surface area (Å²) in [6.45, 7) is 15.3. The second kappa shape index (κ2) is 6.19. The molecule has 0 rings (SSSR count). The summed E-state index contributed by atoms with van der Waals surface area (Å²) in [5.41, 5.74) is 0.713. The topological polar surface area (TPSA) is 18.5 Å². The van der Waals surface area contributed by atoms with Gasteiger partial charge in [0.25, 0.3) is 0 Å². The van der Waals surface area contributed by atoms with Crippen LogP contribution in [0.5, 0.6) is 0 Å². The second-order valence-corrected chi connectivity index (χ2v) is 7.84. The van der Waals surface area contributed by atoms with Crippen molar-refractivity contribution in [3.05, 3.63) is 0 Å². The highest BCUT2D eigenvalue weighted by molar-refractivity contribution is 4.88. The number of hydrogen-bond acceptors (Lipinski definition) is 2. The van der Waals surface area contributed by atoms with Crippen LogP contribution < -0.4 is 0 Å². The zero-order valence-corrected chi connectivity index (χ0v) is 13.1. The van der Waals surface area contributed by atoms with Gasteiger partial charge < -0.3 is 9.47 Å². The molecule has 0 bridgehead atoms. The fraction of sp³-hybridized carbons (Fsp3) is 1.00. The van der Waals surface area contributed by atoms with Gasteiger partial charge in [-0.25, -0.2) is 0 Å². The van der Waals surface area contributed by atoms with Crippen molar-refractivity contribution in [1.29, 1.82) is 0 Å². The maximum absolute atomic E-state index is 5.47. The van der Waals surface area contributed by atoms with Crippen molar-refractivity contribution < 1.29 is 9.47 Å². The molecule has 0 heterocycles. The minimum absolute atomic E-state index is 0.125. The Kier molecular flexibility index (Phi) is 6.16. The lowest BCUT2D eigenvalue weighted by molar-refractivity contribution is -0.0388. The van der Waals surface area contributed by atoms with Gasteiger partial charge in [0.1, 0.15) is 0 Å². The van der Waals surface area contributed by atoms with E-state index in [4.69, 9.17) is 9.47 Å². The molecule has 0 aromatic carbocycles. The Morgan fingerprint density at radius 2 is 0.941 bits per heavy atom. The maximum atomic E-state index is 5.47. The van der Waals surface area contributed by atoms with Gasteiger partial charge >= 0.3 is 0 Å². The lowest BCUT2D eigenvalue weighted by Gasteiger charge is -2.41. The summed E-state index contributed by atoms with van der Waals surface area (Å²) >= 11 is 0. The van der Waals surface area contributed by atoms with Gasteiger partial charge in [-0.1, -0.05) is 41.5 Å². The Morgan fingerprint density at radius 3 is 1.12 bits per heavy atom. The van der Waals surface area contributed by atoms with E-state index in [0.717, 1.165) is 26.1 Å². The van der Waals surface area contributed by atoms with Crippen molar-refractivity contribution in [2.75, 3.05) is 27.4 Å². The van der Waals surface area contributed by atoms with Crippen LogP contribution in [-0.2, 0) is 9.47 Å². The predicted octanol–water partition coefficient (Wildman–Crippen LogP) is 4.14. The standard InChI is InChI=1S/C15H32O2/c1-13(2,3)9-15(11-16-7,12-17-8)10-14(4,5)6/h9-12H2,1-8H3. The molecule has 0 aliphatic rings. The molecule has 0 radical (unpaired) electrons. The molecule has 0 atom stereocenters. The quantitative estimate of drug-likeness (QED) is 0.699. The van der Waals surface area contributed by atoms with Crippen molar-refractivity contribution in [3.8, 4) is 0 Å². The van der Waals surface area contributed by atoms with E-state index in [0.29, 0.717) is 10.8 Å². The molecular weight excluding hydrogens is 212 g/mol. The number of ether oxygens (including phenoxy) is 2. The molecular formula is C15H32O2. The zero-order valence-electron chi connectivity index (χ0n) is 13.1. The highest BCUT2D eigenvalue weighted by atomic mass is 16.5. The minimum Gasteiger partial charge on any atom is -0.384 e. The van der Waals surface area contributed by atoms with Crippen molar-refractivity contribution >= 4 is 0 Å². The Hall–Kier alpha value is -0.0800. The first-order valence-electron chi connectivity index (χ1n) is 6.52. The monoisotopic (exact) mass is 244 g/mol. The van der Waals surface area contributed by atoms with Gasteiger partial charge in [-0.2, -0.15) is 0 Å². The van der Waals surface area contributed by atoms with Crippen LogP contribution in [0.3, 0.4) is 0 Å². The van der Waals surface area contributed by atoms with Gasteiger partial charge in [0.15, 0.2) is 0 Å². The van der Waals surface area contributed by atoms with Crippen LogP contribution in [0.15, 0.2) is 0 Å². The lowest BCUT2D eigenvalue weighted by Crippen LogP contribution is -2.39. The van der Waals surface area contributed by atoms with Gasteiger partial charge in [0, 0.05) is 19.6 Å².